The molecule has 0 aliphatic heterocycles. The molecule has 2 aliphatic carbocycles. The molecule has 2 unspecified atom stereocenters. The first-order valence-electron chi connectivity index (χ1n) is 17.3. The van der Waals surface area contributed by atoms with Crippen LogP contribution in [0.4, 0.5) is 0 Å². The van der Waals surface area contributed by atoms with Gasteiger partial charge in [0.05, 0.1) is 12.2 Å². The maximum absolute atomic E-state index is 9.82. The highest BCUT2D eigenvalue weighted by Gasteiger charge is 2.45. The summed E-state index contributed by atoms with van der Waals surface area (Å²) in [5.74, 6) is 0.955. The first-order valence-corrected chi connectivity index (χ1v) is 19.6. The third-order valence-electron chi connectivity index (χ3n) is 10.4. The normalized spacial score (nSPS) is 22.7. The van der Waals surface area contributed by atoms with Gasteiger partial charge in [-0.3, -0.25) is 0 Å². The summed E-state index contributed by atoms with van der Waals surface area (Å²) in [6.07, 6.45) is 12.4. The molecule has 43 heavy (non-hydrogen) atoms. The summed E-state index contributed by atoms with van der Waals surface area (Å²) in [5.41, 5.74) is 6.89. The van der Waals surface area contributed by atoms with E-state index < -0.39 is 8.32 Å². The highest BCUT2D eigenvalue weighted by Crippen LogP contribution is 2.44. The van der Waals surface area contributed by atoms with Gasteiger partial charge in [0.2, 0.25) is 0 Å². The van der Waals surface area contributed by atoms with E-state index >= 15 is 0 Å². The maximum Gasteiger partial charge on any atom is 0.198 e. The van der Waals surface area contributed by atoms with Crippen LogP contribution in [0.15, 0.2) is 84.9 Å². The molecule has 3 aromatic rings. The topological polar surface area (TPSA) is 29.5 Å². The van der Waals surface area contributed by atoms with Gasteiger partial charge in [0.25, 0.3) is 0 Å². The molecule has 0 heterocycles. The fourth-order valence-electron chi connectivity index (χ4n) is 7.70. The first-order chi connectivity index (χ1) is 20.8. The van der Waals surface area contributed by atoms with Gasteiger partial charge >= 0.3 is 0 Å². The Bertz CT molecular complexity index is 1170. The summed E-state index contributed by atoms with van der Waals surface area (Å²) in [6, 6.07) is 31.9. The predicted molar refractivity (Wildman–Crippen MR) is 186 cm³/mol. The van der Waals surface area contributed by atoms with Gasteiger partial charge in [-0.05, 0) is 79.3 Å². The minimum Gasteiger partial charge on any atom is -0.413 e. The van der Waals surface area contributed by atoms with Gasteiger partial charge < -0.3 is 9.53 Å². The van der Waals surface area contributed by atoms with Crippen LogP contribution in [-0.4, -0.2) is 25.6 Å². The fourth-order valence-corrected chi connectivity index (χ4v) is 12.4. The molecule has 0 amide bonds. The zero-order valence-electron chi connectivity index (χ0n) is 27.7. The van der Waals surface area contributed by atoms with Crippen LogP contribution in [0.1, 0.15) is 120 Å². The van der Waals surface area contributed by atoms with E-state index in [0.717, 1.165) is 12.8 Å². The van der Waals surface area contributed by atoms with Crippen molar-refractivity contribution in [3.05, 3.63) is 107 Å². The minimum absolute atomic E-state index is 0.115. The van der Waals surface area contributed by atoms with E-state index in [1.807, 2.05) is 6.07 Å². The van der Waals surface area contributed by atoms with E-state index in [9.17, 15) is 5.11 Å². The number of aliphatic hydroxyl groups is 1. The summed E-state index contributed by atoms with van der Waals surface area (Å²) in [6.45, 7) is 11.9. The van der Waals surface area contributed by atoms with Gasteiger partial charge in [-0.2, -0.15) is 0 Å². The molecule has 2 aliphatic rings. The van der Waals surface area contributed by atoms with Crippen molar-refractivity contribution in [2.45, 2.75) is 140 Å². The maximum atomic E-state index is 9.82. The summed E-state index contributed by atoms with van der Waals surface area (Å²) in [7, 11) is -1.88. The van der Waals surface area contributed by atoms with E-state index in [-0.39, 0.29) is 6.10 Å². The lowest BCUT2D eigenvalue weighted by Gasteiger charge is -2.45. The Kier molecular flexibility index (Phi) is 13.1. The van der Waals surface area contributed by atoms with Gasteiger partial charge in [0.15, 0.2) is 8.32 Å². The Hall–Kier alpha value is -2.20. The summed E-state index contributed by atoms with van der Waals surface area (Å²) >= 11 is 0. The van der Waals surface area contributed by atoms with E-state index in [0.29, 0.717) is 29.0 Å². The van der Waals surface area contributed by atoms with Crippen molar-refractivity contribution in [2.24, 2.45) is 0 Å². The zero-order valence-corrected chi connectivity index (χ0v) is 28.7. The molecular weight excluding hydrogens is 541 g/mol. The summed E-state index contributed by atoms with van der Waals surface area (Å²) < 4.78 is 7.36. The SMILES string of the molecule is Cc1ccc(CCC[Si](OC2CCCC[C@H]2c2ccccc2)(C(C)C)C(C)C)cc1.OC1CCCC[C@H]1c1ccccc1. The van der Waals surface area contributed by atoms with Crippen molar-refractivity contribution in [3.63, 3.8) is 0 Å². The molecule has 0 spiro atoms. The molecule has 4 atom stereocenters. The quantitative estimate of drug-likeness (QED) is 0.235. The largest absolute Gasteiger partial charge is 0.413 e. The van der Waals surface area contributed by atoms with Crippen LogP contribution in [0, 0.1) is 6.92 Å². The van der Waals surface area contributed by atoms with Crippen molar-refractivity contribution in [1.29, 1.82) is 0 Å². The average Bonchev–Trinajstić information content (AvgIpc) is 3.03. The predicted octanol–water partition coefficient (Wildman–Crippen LogP) is 11.1. The Morgan fingerprint density at radius 1 is 0.674 bits per heavy atom. The van der Waals surface area contributed by atoms with Crippen molar-refractivity contribution >= 4 is 8.32 Å². The molecule has 5 rings (SSSR count). The molecule has 2 nitrogen and oxygen atoms in total. The third-order valence-corrected chi connectivity index (χ3v) is 16.2. The fraction of sp³-hybridized carbons (Fsp3) is 0.550. The molecule has 2 saturated carbocycles. The van der Waals surface area contributed by atoms with Gasteiger partial charge in [-0.1, -0.05) is 144 Å². The molecule has 0 aromatic heterocycles. The van der Waals surface area contributed by atoms with Gasteiger partial charge in [-0.15, -0.1) is 0 Å². The van der Waals surface area contributed by atoms with Gasteiger partial charge in [0, 0.05) is 11.8 Å². The van der Waals surface area contributed by atoms with Crippen LogP contribution in [-0.2, 0) is 10.8 Å². The Balaban J connectivity index is 0.000000269. The Labute approximate surface area is 264 Å². The first kappa shape index (κ1) is 33.7. The minimum atomic E-state index is -1.88. The van der Waals surface area contributed by atoms with Crippen molar-refractivity contribution < 1.29 is 9.53 Å². The monoisotopic (exact) mass is 598 g/mol. The molecule has 0 bridgehead atoms. The lowest BCUT2D eigenvalue weighted by Crippen LogP contribution is -2.49. The van der Waals surface area contributed by atoms with Crippen LogP contribution in [0.2, 0.25) is 17.1 Å². The molecule has 0 radical (unpaired) electrons. The van der Waals surface area contributed by atoms with Crippen molar-refractivity contribution in [1.82, 2.24) is 0 Å². The standard InChI is InChI=1S/C28H42OSi.C12H16O/c1-22(2)30(23(3)4,21-11-12-25-19-17-24(5)18-20-25)29-28-16-10-9-15-27(28)26-13-7-6-8-14-26;13-12-9-5-4-8-11(12)10-6-2-1-3-7-10/h6-8,13-14,17-20,22-23,27-28H,9-12,15-16,21H2,1-5H3;1-3,6-7,11-13H,4-5,8-9H2/t27-,28?;11-,12?/m00/s1. The Morgan fingerprint density at radius 3 is 1.74 bits per heavy atom. The van der Waals surface area contributed by atoms with Crippen LogP contribution < -0.4 is 0 Å². The number of rotatable bonds is 10. The second-order valence-electron chi connectivity index (χ2n) is 13.9. The highest BCUT2D eigenvalue weighted by atomic mass is 28.4. The Morgan fingerprint density at radius 2 is 1.19 bits per heavy atom. The molecule has 234 valence electrons. The van der Waals surface area contributed by atoms with E-state index in [1.54, 1.807) is 0 Å². The number of hydrogen-bond acceptors (Lipinski definition) is 2. The van der Waals surface area contributed by atoms with Crippen LogP contribution in [0.25, 0.3) is 0 Å². The molecular formula is C40H58O2Si. The second-order valence-corrected chi connectivity index (χ2v) is 18.9. The smallest absolute Gasteiger partial charge is 0.198 e. The zero-order chi connectivity index (χ0) is 30.7. The number of aliphatic hydroxyl groups excluding tert-OH is 1. The molecule has 3 heteroatoms. The lowest BCUT2D eigenvalue weighted by atomic mass is 9.82. The highest BCUT2D eigenvalue weighted by molar-refractivity contribution is 6.76. The average molecular weight is 599 g/mol. The third kappa shape index (κ3) is 9.39. The summed E-state index contributed by atoms with van der Waals surface area (Å²) in [4.78, 5) is 0. The second kappa shape index (κ2) is 16.8. The molecule has 2 fully saturated rings. The van der Waals surface area contributed by atoms with Crippen LogP contribution >= 0.6 is 0 Å². The summed E-state index contributed by atoms with van der Waals surface area (Å²) in [5, 5.41) is 9.82. The van der Waals surface area contributed by atoms with Crippen LogP contribution in [0.3, 0.4) is 0 Å². The van der Waals surface area contributed by atoms with Gasteiger partial charge in [-0.25, -0.2) is 0 Å². The molecule has 3 aromatic carbocycles. The molecule has 0 saturated heterocycles. The van der Waals surface area contributed by atoms with Crippen LogP contribution in [0.5, 0.6) is 0 Å². The van der Waals surface area contributed by atoms with Crippen molar-refractivity contribution in [2.75, 3.05) is 0 Å². The number of aryl methyl sites for hydroxylation is 2. The van der Waals surface area contributed by atoms with Gasteiger partial charge in [0.1, 0.15) is 0 Å². The van der Waals surface area contributed by atoms with E-state index in [1.165, 1.54) is 79.7 Å². The molecule has 1 N–H and O–H groups in total. The van der Waals surface area contributed by atoms with E-state index in [4.69, 9.17) is 4.43 Å². The number of benzene rings is 3. The lowest BCUT2D eigenvalue weighted by molar-refractivity contribution is 0.106. The van der Waals surface area contributed by atoms with Crippen molar-refractivity contribution in [3.8, 4) is 0 Å². The van der Waals surface area contributed by atoms with E-state index in [2.05, 4.69) is 113 Å². The number of hydrogen-bond donors (Lipinski definition) is 1.